The van der Waals surface area contributed by atoms with E-state index in [1.165, 1.54) is 12.5 Å². The van der Waals surface area contributed by atoms with Crippen LogP contribution in [-0.4, -0.2) is 24.8 Å². The maximum absolute atomic E-state index is 10.5. The molecule has 0 amide bonds. The molecule has 0 aliphatic carbocycles. The van der Waals surface area contributed by atoms with Gasteiger partial charge in [-0.15, -0.1) is 0 Å². The molecule has 0 radical (unpaired) electrons. The molecule has 3 nitrogen and oxygen atoms in total. The van der Waals surface area contributed by atoms with E-state index in [1.807, 2.05) is 13.0 Å². The summed E-state index contributed by atoms with van der Waals surface area (Å²) in [6.07, 6.45) is 6.96. The maximum Gasteiger partial charge on any atom is 0.302 e. The van der Waals surface area contributed by atoms with E-state index in [9.17, 15) is 4.79 Å². The summed E-state index contributed by atoms with van der Waals surface area (Å²) >= 11 is 0. The van der Waals surface area contributed by atoms with Gasteiger partial charge >= 0.3 is 5.97 Å². The van der Waals surface area contributed by atoms with Gasteiger partial charge in [-0.2, -0.15) is 0 Å². The van der Waals surface area contributed by atoms with E-state index >= 15 is 0 Å². The molecule has 0 spiro atoms. The first-order valence-electron chi connectivity index (χ1n) is 5.12. The first-order valence-corrected chi connectivity index (χ1v) is 5.12. The molecule has 0 N–H and O–H groups in total. The zero-order chi connectivity index (χ0) is 11.3. The minimum absolute atomic E-state index is 0.0177. The maximum atomic E-state index is 10.5. The third-order valence-corrected chi connectivity index (χ3v) is 2.23. The minimum Gasteiger partial charge on any atom is -0.462 e. The molecule has 1 heterocycles. The van der Waals surface area contributed by atoms with Crippen LogP contribution in [0.5, 0.6) is 0 Å². The molecular weight excluding hydrogens is 192 g/mol. The van der Waals surface area contributed by atoms with Crippen molar-refractivity contribution in [3.8, 4) is 0 Å². The first kappa shape index (κ1) is 12.0. The lowest BCUT2D eigenvalue weighted by Crippen LogP contribution is -1.98. The summed E-state index contributed by atoms with van der Waals surface area (Å²) in [4.78, 5) is 10.5. The fourth-order valence-corrected chi connectivity index (χ4v) is 1.09. The van der Waals surface area contributed by atoms with E-state index in [0.717, 1.165) is 13.0 Å². The largest absolute Gasteiger partial charge is 0.462 e. The second-order valence-electron chi connectivity index (χ2n) is 4.06. The number of carbonyl (C=O) groups is 1. The molecule has 0 bridgehead atoms. The zero-order valence-electron chi connectivity index (χ0n) is 9.58. The second kappa shape index (κ2) is 5.12. The van der Waals surface area contributed by atoms with E-state index in [0.29, 0.717) is 6.61 Å². The van der Waals surface area contributed by atoms with Gasteiger partial charge < -0.3 is 9.47 Å². The van der Waals surface area contributed by atoms with E-state index in [2.05, 4.69) is 19.1 Å². The Balaban J connectivity index is 2.19. The molecule has 1 aliphatic rings. The van der Waals surface area contributed by atoms with Crippen molar-refractivity contribution >= 4 is 5.97 Å². The van der Waals surface area contributed by atoms with E-state index in [4.69, 9.17) is 9.47 Å². The van der Waals surface area contributed by atoms with Crippen LogP contribution in [0.4, 0.5) is 0 Å². The van der Waals surface area contributed by atoms with Crippen LogP contribution in [-0.2, 0) is 14.3 Å². The monoisotopic (exact) mass is 210 g/mol. The third-order valence-electron chi connectivity index (χ3n) is 2.23. The summed E-state index contributed by atoms with van der Waals surface area (Å²) in [5.74, 6) is -0.242. The SMILES string of the molecule is CC(=O)OC/C=C(\C)C/C=C/C1(C)CO1. The van der Waals surface area contributed by atoms with Gasteiger partial charge in [0.15, 0.2) is 0 Å². The zero-order valence-corrected chi connectivity index (χ0v) is 9.58. The van der Waals surface area contributed by atoms with Gasteiger partial charge in [0, 0.05) is 6.92 Å². The molecule has 0 saturated carbocycles. The van der Waals surface area contributed by atoms with Crippen molar-refractivity contribution in [2.75, 3.05) is 13.2 Å². The quantitative estimate of drug-likeness (QED) is 0.397. The van der Waals surface area contributed by atoms with Gasteiger partial charge in [0.05, 0.1) is 6.61 Å². The molecule has 1 atom stereocenters. The molecule has 1 aliphatic heterocycles. The molecule has 1 fully saturated rings. The van der Waals surface area contributed by atoms with Crippen LogP contribution in [0.25, 0.3) is 0 Å². The number of carbonyl (C=O) groups excluding carboxylic acids is 1. The van der Waals surface area contributed by atoms with Crippen molar-refractivity contribution in [2.45, 2.75) is 32.8 Å². The lowest BCUT2D eigenvalue weighted by atomic mass is 10.1. The highest BCUT2D eigenvalue weighted by atomic mass is 16.6. The number of ether oxygens (including phenoxy) is 2. The molecule has 1 unspecified atom stereocenters. The van der Waals surface area contributed by atoms with Crippen molar-refractivity contribution in [3.63, 3.8) is 0 Å². The van der Waals surface area contributed by atoms with Crippen LogP contribution in [0.1, 0.15) is 27.2 Å². The van der Waals surface area contributed by atoms with Gasteiger partial charge in [-0.25, -0.2) is 0 Å². The Bertz CT molecular complexity index is 285. The summed E-state index contributed by atoms with van der Waals surface area (Å²) < 4.78 is 10.0. The van der Waals surface area contributed by atoms with Crippen molar-refractivity contribution < 1.29 is 14.3 Å². The van der Waals surface area contributed by atoms with Gasteiger partial charge in [-0.05, 0) is 26.3 Å². The van der Waals surface area contributed by atoms with Crippen LogP contribution in [0.15, 0.2) is 23.8 Å². The van der Waals surface area contributed by atoms with Crippen LogP contribution >= 0.6 is 0 Å². The van der Waals surface area contributed by atoms with E-state index in [-0.39, 0.29) is 11.6 Å². The molecule has 0 aromatic carbocycles. The summed E-state index contributed by atoms with van der Waals surface area (Å²) in [5, 5.41) is 0. The average Bonchev–Trinajstić information content (AvgIpc) is 2.83. The fraction of sp³-hybridized carbons (Fsp3) is 0.583. The van der Waals surface area contributed by atoms with E-state index < -0.39 is 0 Å². The molecular formula is C12H18O3. The highest BCUT2D eigenvalue weighted by Crippen LogP contribution is 2.27. The van der Waals surface area contributed by atoms with Gasteiger partial charge in [0.25, 0.3) is 0 Å². The molecule has 0 aromatic heterocycles. The van der Waals surface area contributed by atoms with Gasteiger partial charge in [-0.1, -0.05) is 17.7 Å². The number of hydrogen-bond donors (Lipinski definition) is 0. The van der Waals surface area contributed by atoms with Crippen molar-refractivity contribution in [1.29, 1.82) is 0 Å². The standard InChI is InChI=1S/C12H18O3/c1-10(6-8-14-11(2)13)5-4-7-12(3)9-15-12/h4,6-7H,5,8-9H2,1-3H3/b7-4+,10-6+. The molecule has 15 heavy (non-hydrogen) atoms. The Morgan fingerprint density at radius 2 is 2.20 bits per heavy atom. The second-order valence-corrected chi connectivity index (χ2v) is 4.06. The topological polar surface area (TPSA) is 38.8 Å². The predicted molar refractivity (Wildman–Crippen MR) is 58.5 cm³/mol. The van der Waals surface area contributed by atoms with Crippen molar-refractivity contribution in [1.82, 2.24) is 0 Å². The lowest BCUT2D eigenvalue weighted by molar-refractivity contribution is -0.139. The molecule has 1 saturated heterocycles. The Kier molecular flexibility index (Phi) is 4.09. The van der Waals surface area contributed by atoms with Crippen LogP contribution in [0, 0.1) is 0 Å². The first-order chi connectivity index (χ1) is 7.02. The molecule has 3 heteroatoms. The predicted octanol–water partition coefficient (Wildman–Crippen LogP) is 2.23. The van der Waals surface area contributed by atoms with Crippen molar-refractivity contribution in [3.05, 3.63) is 23.8 Å². The van der Waals surface area contributed by atoms with Crippen molar-refractivity contribution in [2.24, 2.45) is 0 Å². The van der Waals surface area contributed by atoms with Crippen LogP contribution in [0.2, 0.25) is 0 Å². The summed E-state index contributed by atoms with van der Waals surface area (Å²) in [7, 11) is 0. The third kappa shape index (κ3) is 5.37. The smallest absolute Gasteiger partial charge is 0.302 e. The summed E-state index contributed by atoms with van der Waals surface area (Å²) in [6.45, 7) is 6.67. The van der Waals surface area contributed by atoms with E-state index in [1.54, 1.807) is 0 Å². The number of allylic oxidation sites excluding steroid dienone is 2. The number of hydrogen-bond acceptors (Lipinski definition) is 3. The Labute approximate surface area is 90.8 Å². The Morgan fingerprint density at radius 3 is 2.73 bits per heavy atom. The van der Waals surface area contributed by atoms with Crippen LogP contribution < -0.4 is 0 Å². The molecule has 84 valence electrons. The number of esters is 1. The normalized spacial score (nSPS) is 25.7. The fourth-order valence-electron chi connectivity index (χ4n) is 1.09. The van der Waals surface area contributed by atoms with Gasteiger partial charge in [-0.3, -0.25) is 4.79 Å². The van der Waals surface area contributed by atoms with Gasteiger partial charge in [0.2, 0.25) is 0 Å². The highest BCUT2D eigenvalue weighted by Gasteiger charge is 2.35. The number of rotatable bonds is 5. The average molecular weight is 210 g/mol. The molecule has 0 aromatic rings. The summed E-state index contributed by atoms with van der Waals surface area (Å²) in [6, 6.07) is 0. The van der Waals surface area contributed by atoms with Crippen LogP contribution in [0.3, 0.4) is 0 Å². The Morgan fingerprint density at radius 1 is 1.53 bits per heavy atom. The van der Waals surface area contributed by atoms with Gasteiger partial charge in [0.1, 0.15) is 12.2 Å². The molecule has 1 rings (SSSR count). The number of epoxide rings is 1. The Hall–Kier alpha value is -1.09. The lowest BCUT2D eigenvalue weighted by Gasteiger charge is -1.99. The minimum atomic E-state index is -0.242. The summed E-state index contributed by atoms with van der Waals surface area (Å²) in [5.41, 5.74) is 1.17. The highest BCUT2D eigenvalue weighted by molar-refractivity contribution is 5.66.